The highest BCUT2D eigenvalue weighted by molar-refractivity contribution is 5.26. The Morgan fingerprint density at radius 1 is 1.26 bits per heavy atom. The number of rotatable bonds is 6. The summed E-state index contributed by atoms with van der Waals surface area (Å²) < 4.78 is 11.1. The molecule has 0 radical (unpaired) electrons. The molecule has 1 aliphatic heterocycles. The minimum Gasteiger partial charge on any atom is -0.494 e. The van der Waals surface area contributed by atoms with Crippen molar-refractivity contribution in [1.82, 2.24) is 4.90 Å². The van der Waals surface area contributed by atoms with Crippen LogP contribution >= 0.6 is 0 Å². The maximum atomic E-state index is 5.86. The van der Waals surface area contributed by atoms with E-state index in [9.17, 15) is 0 Å². The fourth-order valence-electron chi connectivity index (χ4n) is 2.34. The van der Waals surface area contributed by atoms with Gasteiger partial charge in [0.1, 0.15) is 5.75 Å². The Morgan fingerprint density at radius 3 is 2.58 bits per heavy atom. The molecule has 0 amide bonds. The van der Waals surface area contributed by atoms with Crippen molar-refractivity contribution in [1.29, 1.82) is 0 Å². The Balaban J connectivity index is 1.74. The monoisotopic (exact) mass is 264 g/mol. The van der Waals surface area contributed by atoms with Gasteiger partial charge in [-0.15, -0.1) is 0 Å². The lowest BCUT2D eigenvalue weighted by molar-refractivity contribution is 0.0140. The molecule has 19 heavy (non-hydrogen) atoms. The number of hydrogen-bond donors (Lipinski definition) is 1. The first kappa shape index (κ1) is 14.3. The van der Waals surface area contributed by atoms with Gasteiger partial charge in [0.05, 0.1) is 19.8 Å². The number of hydrogen-bond acceptors (Lipinski definition) is 4. The highest BCUT2D eigenvalue weighted by atomic mass is 16.5. The number of nitrogens with two attached hydrogens (primary N) is 1. The Labute approximate surface area is 115 Å². The molecule has 1 unspecified atom stereocenters. The highest BCUT2D eigenvalue weighted by Crippen LogP contribution is 2.13. The van der Waals surface area contributed by atoms with Crippen LogP contribution in [0.2, 0.25) is 0 Å². The van der Waals surface area contributed by atoms with Crippen LogP contribution in [0.4, 0.5) is 0 Å². The first-order chi connectivity index (χ1) is 9.29. The summed E-state index contributed by atoms with van der Waals surface area (Å²) in [4.78, 5) is 2.40. The summed E-state index contributed by atoms with van der Waals surface area (Å²) in [6.07, 6.45) is 0.963. The van der Waals surface area contributed by atoms with Crippen LogP contribution in [0, 0.1) is 6.92 Å². The normalized spacial score (nSPS) is 18.2. The average molecular weight is 264 g/mol. The Morgan fingerprint density at radius 2 is 1.95 bits per heavy atom. The van der Waals surface area contributed by atoms with Crippen LogP contribution in [-0.2, 0) is 4.74 Å². The van der Waals surface area contributed by atoms with Crippen molar-refractivity contribution in [2.75, 3.05) is 39.5 Å². The fraction of sp³-hybridized carbons (Fsp3) is 0.600. The van der Waals surface area contributed by atoms with E-state index in [-0.39, 0.29) is 0 Å². The van der Waals surface area contributed by atoms with Crippen molar-refractivity contribution in [3.05, 3.63) is 29.8 Å². The second kappa shape index (κ2) is 7.48. The van der Waals surface area contributed by atoms with Crippen molar-refractivity contribution >= 4 is 0 Å². The van der Waals surface area contributed by atoms with Crippen molar-refractivity contribution in [2.24, 2.45) is 5.73 Å². The molecule has 2 rings (SSSR count). The lowest BCUT2D eigenvalue weighted by Crippen LogP contribution is -2.47. The van der Waals surface area contributed by atoms with Gasteiger partial charge >= 0.3 is 0 Å². The molecule has 0 bridgehead atoms. The summed E-state index contributed by atoms with van der Waals surface area (Å²) in [5, 5.41) is 0. The first-order valence-electron chi connectivity index (χ1n) is 7.01. The molecule has 1 aliphatic rings. The molecular weight excluding hydrogens is 240 g/mol. The summed E-state index contributed by atoms with van der Waals surface area (Å²) >= 11 is 0. The molecule has 0 aromatic heterocycles. The van der Waals surface area contributed by atoms with Gasteiger partial charge in [-0.3, -0.25) is 4.90 Å². The average Bonchev–Trinajstić information content (AvgIpc) is 2.46. The third kappa shape index (κ3) is 4.49. The van der Waals surface area contributed by atoms with E-state index in [1.165, 1.54) is 5.56 Å². The molecule has 0 spiro atoms. The Hall–Kier alpha value is -1.10. The van der Waals surface area contributed by atoms with Gasteiger partial charge < -0.3 is 15.2 Å². The molecule has 2 N–H and O–H groups in total. The predicted octanol–water partition coefficient (Wildman–Crippen LogP) is 1.42. The van der Waals surface area contributed by atoms with Crippen LogP contribution in [0.15, 0.2) is 24.3 Å². The predicted molar refractivity (Wildman–Crippen MR) is 76.5 cm³/mol. The second-order valence-corrected chi connectivity index (χ2v) is 4.99. The van der Waals surface area contributed by atoms with Gasteiger partial charge in [-0.2, -0.15) is 0 Å². The van der Waals surface area contributed by atoms with Crippen LogP contribution in [-0.4, -0.2) is 50.4 Å². The van der Waals surface area contributed by atoms with Crippen molar-refractivity contribution in [3.8, 4) is 5.75 Å². The molecule has 1 fully saturated rings. The molecule has 4 nitrogen and oxygen atoms in total. The molecular formula is C15H24N2O2. The zero-order chi connectivity index (χ0) is 13.5. The number of aryl methyl sites for hydroxylation is 1. The molecule has 106 valence electrons. The lowest BCUT2D eigenvalue weighted by atomic mass is 10.1. The number of ether oxygens (including phenoxy) is 2. The quantitative estimate of drug-likeness (QED) is 0.844. The molecule has 1 heterocycles. The Kier molecular flexibility index (Phi) is 5.63. The van der Waals surface area contributed by atoms with Gasteiger partial charge in [0, 0.05) is 25.7 Å². The van der Waals surface area contributed by atoms with E-state index in [1.807, 2.05) is 12.1 Å². The molecule has 1 saturated heterocycles. The van der Waals surface area contributed by atoms with Crippen LogP contribution in [0.5, 0.6) is 5.75 Å². The maximum absolute atomic E-state index is 5.86. The smallest absolute Gasteiger partial charge is 0.119 e. The van der Waals surface area contributed by atoms with Crippen molar-refractivity contribution in [2.45, 2.75) is 19.4 Å². The second-order valence-electron chi connectivity index (χ2n) is 4.99. The molecule has 1 aromatic rings. The summed E-state index contributed by atoms with van der Waals surface area (Å²) in [7, 11) is 0. The van der Waals surface area contributed by atoms with Gasteiger partial charge in [-0.1, -0.05) is 17.7 Å². The number of nitrogens with zero attached hydrogens (tertiary/aromatic N) is 1. The number of benzene rings is 1. The van der Waals surface area contributed by atoms with Crippen molar-refractivity contribution in [3.63, 3.8) is 0 Å². The highest BCUT2D eigenvalue weighted by Gasteiger charge is 2.19. The molecule has 1 aromatic carbocycles. The van der Waals surface area contributed by atoms with Gasteiger partial charge in [-0.25, -0.2) is 0 Å². The third-order valence-electron chi connectivity index (χ3n) is 3.57. The summed E-state index contributed by atoms with van der Waals surface area (Å²) in [5.41, 5.74) is 7.12. The molecule has 4 heteroatoms. The largest absolute Gasteiger partial charge is 0.494 e. The van der Waals surface area contributed by atoms with E-state index in [1.54, 1.807) is 0 Å². The summed E-state index contributed by atoms with van der Waals surface area (Å²) in [6.45, 7) is 7.05. The van der Waals surface area contributed by atoms with E-state index in [2.05, 4.69) is 24.0 Å². The fourth-order valence-corrected chi connectivity index (χ4v) is 2.34. The van der Waals surface area contributed by atoms with Gasteiger partial charge in [0.2, 0.25) is 0 Å². The zero-order valence-electron chi connectivity index (χ0n) is 11.7. The summed E-state index contributed by atoms with van der Waals surface area (Å²) in [6, 6.07) is 8.56. The van der Waals surface area contributed by atoms with E-state index in [4.69, 9.17) is 15.2 Å². The topological polar surface area (TPSA) is 47.7 Å². The van der Waals surface area contributed by atoms with Gasteiger partial charge in [0.15, 0.2) is 0 Å². The summed E-state index contributed by atoms with van der Waals surface area (Å²) in [5.74, 6) is 0.934. The first-order valence-corrected chi connectivity index (χ1v) is 7.01. The van der Waals surface area contributed by atoms with Crippen LogP contribution < -0.4 is 10.5 Å². The molecule has 0 saturated carbocycles. The standard InChI is InChI=1S/C15H24N2O2/c1-13-2-4-15(5-3-13)19-9-6-14(12-16)17-7-10-18-11-8-17/h2-5,14H,6-12,16H2,1H3. The SMILES string of the molecule is Cc1ccc(OCCC(CN)N2CCOCC2)cc1. The van der Waals surface area contributed by atoms with E-state index < -0.39 is 0 Å². The van der Waals surface area contributed by atoms with Crippen LogP contribution in [0.1, 0.15) is 12.0 Å². The Bertz CT molecular complexity index is 361. The van der Waals surface area contributed by atoms with Gasteiger partial charge in [-0.05, 0) is 25.5 Å². The molecule has 1 atom stereocenters. The minimum absolute atomic E-state index is 0.398. The van der Waals surface area contributed by atoms with Gasteiger partial charge in [0.25, 0.3) is 0 Å². The lowest BCUT2D eigenvalue weighted by Gasteiger charge is -2.33. The van der Waals surface area contributed by atoms with Crippen molar-refractivity contribution < 1.29 is 9.47 Å². The molecule has 0 aliphatic carbocycles. The maximum Gasteiger partial charge on any atom is 0.119 e. The third-order valence-corrected chi connectivity index (χ3v) is 3.57. The van der Waals surface area contributed by atoms with Crippen LogP contribution in [0.25, 0.3) is 0 Å². The van der Waals surface area contributed by atoms with E-state index >= 15 is 0 Å². The minimum atomic E-state index is 0.398. The van der Waals surface area contributed by atoms with E-state index in [0.717, 1.165) is 38.5 Å². The van der Waals surface area contributed by atoms with E-state index in [0.29, 0.717) is 19.2 Å². The number of morpholine rings is 1. The zero-order valence-corrected chi connectivity index (χ0v) is 11.7. The van der Waals surface area contributed by atoms with Crippen LogP contribution in [0.3, 0.4) is 0 Å².